The monoisotopic (exact) mass is 429 g/mol. The first kappa shape index (κ1) is 21.5. The fourth-order valence-corrected chi connectivity index (χ4v) is 3.94. The van der Waals surface area contributed by atoms with Crippen LogP contribution in [0, 0.1) is 5.92 Å². The summed E-state index contributed by atoms with van der Waals surface area (Å²) >= 11 is 0. The number of aryl methyl sites for hydroxylation is 1. The zero-order valence-electron chi connectivity index (χ0n) is 18.0. The summed E-state index contributed by atoms with van der Waals surface area (Å²) in [5.74, 6) is -0.930. The molecule has 162 valence electrons. The summed E-state index contributed by atoms with van der Waals surface area (Å²) in [5, 5.41) is 7.36. The first-order valence-electron chi connectivity index (χ1n) is 10.7. The third kappa shape index (κ3) is 4.62. The number of benzene rings is 1. The lowest BCUT2D eigenvalue weighted by Gasteiger charge is -2.20. The predicted octanol–water partition coefficient (Wildman–Crippen LogP) is 5.38. The van der Waals surface area contributed by atoms with Gasteiger partial charge in [0, 0.05) is 36.1 Å². The summed E-state index contributed by atoms with van der Waals surface area (Å²) in [6.07, 6.45) is 6.13. The molecule has 1 aromatic carbocycles. The Labute approximate surface area is 186 Å². The summed E-state index contributed by atoms with van der Waals surface area (Å²) in [6.45, 7) is 5.87. The van der Waals surface area contributed by atoms with Crippen LogP contribution in [0.5, 0.6) is 0 Å². The fraction of sp³-hybridized carbons (Fsp3) is 0.269. The number of rotatable bonds is 6. The number of Topliss-reactive ketones (excluding diaryl/α,β-unsaturated/α-hetero) is 1. The average Bonchev–Trinajstić information content (AvgIpc) is 3.20. The Hall–Kier alpha value is -3.72. The summed E-state index contributed by atoms with van der Waals surface area (Å²) in [6, 6.07) is 9.83. The van der Waals surface area contributed by atoms with Gasteiger partial charge in [0.25, 0.3) is 0 Å². The summed E-state index contributed by atoms with van der Waals surface area (Å²) in [4.78, 5) is 24.8. The Morgan fingerprint density at radius 1 is 1.38 bits per heavy atom. The summed E-state index contributed by atoms with van der Waals surface area (Å²) in [7, 11) is 0. The fourth-order valence-electron chi connectivity index (χ4n) is 3.94. The molecule has 1 fully saturated rings. The number of ketones is 1. The smallest absolute Gasteiger partial charge is 0.229 e. The van der Waals surface area contributed by atoms with Gasteiger partial charge in [-0.15, -0.1) is 5.10 Å². The molecule has 1 saturated carbocycles. The minimum Gasteiger partial charge on any atom is -0.309 e. The van der Waals surface area contributed by atoms with E-state index in [0.717, 1.165) is 18.4 Å². The van der Waals surface area contributed by atoms with Gasteiger partial charge in [0.1, 0.15) is 0 Å². The van der Waals surface area contributed by atoms with E-state index in [1.165, 1.54) is 11.6 Å². The normalized spacial score (nSPS) is 17.9. The van der Waals surface area contributed by atoms with Crippen molar-refractivity contribution in [2.24, 2.45) is 5.92 Å². The van der Waals surface area contributed by atoms with Gasteiger partial charge >= 0.3 is 0 Å². The molecule has 1 N–H and O–H groups in total. The number of amides is 1. The molecule has 0 saturated heterocycles. The number of aromatic nitrogens is 2. The molecule has 4 rings (SSSR count). The van der Waals surface area contributed by atoms with E-state index < -0.39 is 11.7 Å². The molecule has 32 heavy (non-hydrogen) atoms. The minimum atomic E-state index is -0.546. The van der Waals surface area contributed by atoms with Crippen LogP contribution in [-0.2, 0) is 16.0 Å². The molecular formula is C26H24FN3O2. The number of nitrogens with zero attached hydrogens (tertiary/aromatic N) is 2. The maximum Gasteiger partial charge on any atom is 0.229 e. The van der Waals surface area contributed by atoms with Gasteiger partial charge in [-0.05, 0) is 42.2 Å². The number of anilines is 1. The Morgan fingerprint density at radius 3 is 2.97 bits per heavy atom. The quantitative estimate of drug-likeness (QED) is 0.495. The van der Waals surface area contributed by atoms with Crippen molar-refractivity contribution < 1.29 is 14.0 Å². The lowest BCUT2D eigenvalue weighted by Crippen LogP contribution is -2.29. The largest absolute Gasteiger partial charge is 0.309 e. The van der Waals surface area contributed by atoms with Crippen LogP contribution >= 0.6 is 0 Å². The zero-order chi connectivity index (χ0) is 22.7. The first-order chi connectivity index (χ1) is 15.4. The lowest BCUT2D eigenvalue weighted by molar-refractivity contribution is -0.126. The number of hydrogen-bond donors (Lipinski definition) is 1. The van der Waals surface area contributed by atoms with Crippen molar-refractivity contribution in [3.63, 3.8) is 0 Å². The van der Waals surface area contributed by atoms with Crippen LogP contribution in [-0.4, -0.2) is 21.5 Å². The van der Waals surface area contributed by atoms with Crippen molar-refractivity contribution in [2.75, 3.05) is 5.32 Å². The van der Waals surface area contributed by atoms with Crippen molar-refractivity contribution in [2.45, 2.75) is 39.0 Å². The van der Waals surface area contributed by atoms with Gasteiger partial charge < -0.3 is 5.32 Å². The molecule has 6 heteroatoms. The van der Waals surface area contributed by atoms with E-state index >= 15 is 0 Å². The first-order valence-corrected chi connectivity index (χ1v) is 10.7. The molecule has 1 amide bonds. The van der Waals surface area contributed by atoms with Gasteiger partial charge in [-0.25, -0.2) is 4.68 Å². The average molecular weight is 429 g/mol. The van der Waals surface area contributed by atoms with Crippen LogP contribution in [0.4, 0.5) is 10.2 Å². The maximum atomic E-state index is 13.8. The second-order valence-electron chi connectivity index (χ2n) is 8.06. The second-order valence-corrected chi connectivity index (χ2v) is 8.06. The molecular weight excluding hydrogens is 405 g/mol. The lowest BCUT2D eigenvalue weighted by atomic mass is 9.85. The van der Waals surface area contributed by atoms with E-state index in [1.807, 2.05) is 12.1 Å². The standard InChI is InChI=1S/C26H24FN3O2/c1-3-6-18-7-4-8-19(13-18)23-16-25(29-30(23)22-10-5-9-21(27)15-22)28-26(32)20-12-11-17(2)24(31)14-20/h4,7-8,10,13,15-16,20H,2-3,6,11-12,14H2,1H3,(H,28,29,32)/t20-/m1/s1. The van der Waals surface area contributed by atoms with E-state index in [4.69, 9.17) is 0 Å². The summed E-state index contributed by atoms with van der Waals surface area (Å²) < 4.78 is 15.4. The predicted molar refractivity (Wildman–Crippen MR) is 122 cm³/mol. The van der Waals surface area contributed by atoms with Gasteiger partial charge in [-0.3, -0.25) is 9.59 Å². The van der Waals surface area contributed by atoms with Crippen molar-refractivity contribution >= 4 is 23.2 Å². The van der Waals surface area contributed by atoms with Crippen LogP contribution in [0.2, 0.25) is 0 Å². The Balaban J connectivity index is 1.67. The minimum absolute atomic E-state index is 0.0677. The molecule has 1 aromatic heterocycles. The van der Waals surface area contributed by atoms with Crippen LogP contribution in [0.3, 0.4) is 0 Å². The second kappa shape index (κ2) is 9.19. The number of allylic oxidation sites excluding steroid dienone is 5. The maximum absolute atomic E-state index is 13.8. The highest BCUT2D eigenvalue weighted by molar-refractivity contribution is 6.01. The molecule has 2 aliphatic rings. The number of carbonyl (C=O) groups is 2. The van der Waals surface area contributed by atoms with Crippen LogP contribution in [0.25, 0.3) is 17.0 Å². The van der Waals surface area contributed by atoms with Crippen molar-refractivity contribution in [3.8, 4) is 11.3 Å². The number of halogens is 1. The molecule has 0 bridgehead atoms. The van der Waals surface area contributed by atoms with Gasteiger partial charge in [0.05, 0.1) is 11.4 Å². The van der Waals surface area contributed by atoms with Crippen LogP contribution in [0.1, 0.15) is 38.2 Å². The molecule has 0 radical (unpaired) electrons. The van der Waals surface area contributed by atoms with Gasteiger partial charge in [-0.1, -0.05) is 43.9 Å². The zero-order valence-corrected chi connectivity index (χ0v) is 18.0. The highest BCUT2D eigenvalue weighted by atomic mass is 19.1. The SMILES string of the molecule is C=C1CC[C@@H](C(=O)Nc2cc(-c3cccc(CCC)c3)n(C3=CC(F)=C=C=C3)n2)CC1=O. The van der Waals surface area contributed by atoms with Gasteiger partial charge in [0.2, 0.25) is 5.91 Å². The van der Waals surface area contributed by atoms with Crippen molar-refractivity contribution in [1.82, 2.24) is 9.78 Å². The Bertz CT molecular complexity index is 1240. The number of hydrogen-bond acceptors (Lipinski definition) is 3. The topological polar surface area (TPSA) is 64.0 Å². The number of nitrogens with one attached hydrogen (secondary N) is 1. The summed E-state index contributed by atoms with van der Waals surface area (Å²) in [5.41, 5.74) is 8.88. The third-order valence-electron chi connectivity index (χ3n) is 5.64. The third-order valence-corrected chi connectivity index (χ3v) is 5.64. The van der Waals surface area contributed by atoms with E-state index in [-0.39, 0.29) is 18.1 Å². The molecule has 1 heterocycles. The number of carbonyl (C=O) groups excluding carboxylic acids is 2. The van der Waals surface area contributed by atoms with E-state index in [2.05, 4.69) is 47.5 Å². The molecule has 0 spiro atoms. The van der Waals surface area contributed by atoms with Crippen molar-refractivity contribution in [3.05, 3.63) is 77.5 Å². The van der Waals surface area contributed by atoms with E-state index in [9.17, 15) is 14.0 Å². The highest BCUT2D eigenvalue weighted by Gasteiger charge is 2.28. The van der Waals surface area contributed by atoms with E-state index in [0.29, 0.717) is 35.6 Å². The molecule has 1 atom stereocenters. The Kier molecular flexibility index (Phi) is 6.18. The molecule has 2 aliphatic carbocycles. The Morgan fingerprint density at radius 2 is 2.22 bits per heavy atom. The molecule has 5 nitrogen and oxygen atoms in total. The molecule has 0 aliphatic heterocycles. The van der Waals surface area contributed by atoms with Crippen molar-refractivity contribution in [1.29, 1.82) is 0 Å². The van der Waals surface area contributed by atoms with Crippen LogP contribution in [0.15, 0.2) is 71.9 Å². The molecule has 2 aromatic rings. The highest BCUT2D eigenvalue weighted by Crippen LogP contribution is 2.30. The van der Waals surface area contributed by atoms with Gasteiger partial charge in [-0.2, -0.15) is 4.39 Å². The molecule has 0 unspecified atom stereocenters. The van der Waals surface area contributed by atoms with E-state index in [1.54, 1.807) is 16.8 Å². The van der Waals surface area contributed by atoms with Crippen LogP contribution < -0.4 is 5.32 Å². The van der Waals surface area contributed by atoms with Gasteiger partial charge in [0.15, 0.2) is 17.4 Å².